The third-order valence-corrected chi connectivity index (χ3v) is 5.73. The van der Waals surface area contributed by atoms with Crippen molar-refractivity contribution in [2.75, 3.05) is 24.5 Å². The van der Waals surface area contributed by atoms with Crippen LogP contribution in [0.15, 0.2) is 48.5 Å². The number of nitrogens with zero attached hydrogens (tertiary/aromatic N) is 2. The molecule has 2 aromatic rings. The minimum absolute atomic E-state index is 0.0855. The predicted octanol–water partition coefficient (Wildman–Crippen LogP) is 4.14. The van der Waals surface area contributed by atoms with Gasteiger partial charge >= 0.3 is 0 Å². The topological polar surface area (TPSA) is 23.6 Å². The van der Waals surface area contributed by atoms with Crippen LogP contribution in [0.2, 0.25) is 5.02 Å². The molecular formula is C21H23ClN2O. The lowest BCUT2D eigenvalue weighted by Crippen LogP contribution is -2.44. The second-order valence-corrected chi connectivity index (χ2v) is 7.44. The first kappa shape index (κ1) is 16.6. The maximum Gasteiger partial charge on any atom is 0.231 e. The van der Waals surface area contributed by atoms with Crippen molar-refractivity contribution in [3.8, 4) is 0 Å². The van der Waals surface area contributed by atoms with E-state index >= 15 is 0 Å². The number of rotatable bonds is 3. The highest BCUT2D eigenvalue weighted by atomic mass is 35.5. The van der Waals surface area contributed by atoms with Gasteiger partial charge in [0.1, 0.15) is 0 Å². The quantitative estimate of drug-likeness (QED) is 0.827. The molecule has 4 rings (SSSR count). The van der Waals surface area contributed by atoms with Gasteiger partial charge in [0.2, 0.25) is 5.91 Å². The number of hydrogen-bond donors (Lipinski definition) is 0. The molecule has 0 N–H and O–H groups in total. The number of halogens is 1. The van der Waals surface area contributed by atoms with Gasteiger partial charge in [-0.25, -0.2) is 0 Å². The number of piperidine rings is 1. The van der Waals surface area contributed by atoms with Crippen LogP contribution in [-0.2, 0) is 17.8 Å². The Morgan fingerprint density at radius 1 is 1.08 bits per heavy atom. The number of benzene rings is 2. The van der Waals surface area contributed by atoms with Crippen molar-refractivity contribution in [3.05, 3.63) is 64.7 Å². The molecule has 1 saturated heterocycles. The van der Waals surface area contributed by atoms with E-state index in [0.717, 1.165) is 61.7 Å². The van der Waals surface area contributed by atoms with Gasteiger partial charge < -0.3 is 4.90 Å². The van der Waals surface area contributed by atoms with E-state index in [1.165, 1.54) is 5.56 Å². The summed E-state index contributed by atoms with van der Waals surface area (Å²) >= 11 is 6.30. The van der Waals surface area contributed by atoms with E-state index in [0.29, 0.717) is 0 Å². The van der Waals surface area contributed by atoms with Crippen LogP contribution in [0.5, 0.6) is 0 Å². The predicted molar refractivity (Wildman–Crippen MR) is 102 cm³/mol. The first-order valence-electron chi connectivity index (χ1n) is 9.07. The van der Waals surface area contributed by atoms with E-state index in [1.54, 1.807) is 0 Å². The number of likely N-dealkylation sites (tertiary alicyclic amines) is 1. The first-order chi connectivity index (χ1) is 12.2. The fraction of sp³-hybridized carbons (Fsp3) is 0.381. The summed E-state index contributed by atoms with van der Waals surface area (Å²) in [6.07, 6.45) is 3.02. The maximum atomic E-state index is 13.1. The molecule has 1 fully saturated rings. The van der Waals surface area contributed by atoms with Gasteiger partial charge in [0.05, 0.1) is 5.92 Å². The fourth-order valence-corrected chi connectivity index (χ4v) is 4.25. The summed E-state index contributed by atoms with van der Waals surface area (Å²) in [5.41, 5.74) is 3.54. The van der Waals surface area contributed by atoms with Crippen molar-refractivity contribution in [2.24, 2.45) is 5.92 Å². The lowest BCUT2D eigenvalue weighted by Gasteiger charge is -2.34. The third-order valence-electron chi connectivity index (χ3n) is 5.36. The van der Waals surface area contributed by atoms with Crippen molar-refractivity contribution in [1.82, 2.24) is 4.90 Å². The van der Waals surface area contributed by atoms with Crippen molar-refractivity contribution < 1.29 is 4.79 Å². The summed E-state index contributed by atoms with van der Waals surface area (Å²) < 4.78 is 0. The van der Waals surface area contributed by atoms with Crippen LogP contribution in [0.1, 0.15) is 24.0 Å². The zero-order valence-corrected chi connectivity index (χ0v) is 15.1. The van der Waals surface area contributed by atoms with Gasteiger partial charge in [0.25, 0.3) is 0 Å². The van der Waals surface area contributed by atoms with Crippen LogP contribution < -0.4 is 4.90 Å². The molecule has 3 nitrogen and oxygen atoms in total. The van der Waals surface area contributed by atoms with Crippen LogP contribution in [0.3, 0.4) is 0 Å². The molecule has 0 saturated carbocycles. The lowest BCUT2D eigenvalue weighted by molar-refractivity contribution is -0.124. The zero-order chi connectivity index (χ0) is 17.2. The summed E-state index contributed by atoms with van der Waals surface area (Å²) in [7, 11) is 0. The van der Waals surface area contributed by atoms with Crippen LogP contribution in [-0.4, -0.2) is 30.4 Å². The average molecular weight is 355 g/mol. The molecule has 25 heavy (non-hydrogen) atoms. The highest BCUT2D eigenvalue weighted by Crippen LogP contribution is 2.31. The molecule has 0 bridgehead atoms. The van der Waals surface area contributed by atoms with E-state index in [2.05, 4.69) is 29.2 Å². The molecule has 0 aromatic heterocycles. The minimum Gasteiger partial charge on any atom is -0.312 e. The molecule has 0 spiro atoms. The summed E-state index contributed by atoms with van der Waals surface area (Å²) in [6, 6.07) is 16.3. The molecule has 2 aliphatic heterocycles. The second-order valence-electron chi connectivity index (χ2n) is 7.03. The van der Waals surface area contributed by atoms with Crippen molar-refractivity contribution >= 4 is 23.2 Å². The van der Waals surface area contributed by atoms with Crippen LogP contribution >= 0.6 is 11.6 Å². The fourth-order valence-electron chi connectivity index (χ4n) is 4.06. The molecule has 0 radical (unpaired) electrons. The van der Waals surface area contributed by atoms with Crippen molar-refractivity contribution in [2.45, 2.75) is 25.8 Å². The number of carbonyl (C=O) groups is 1. The Balaban J connectivity index is 1.45. The van der Waals surface area contributed by atoms with E-state index in [4.69, 9.17) is 11.6 Å². The van der Waals surface area contributed by atoms with Gasteiger partial charge in [-0.1, -0.05) is 48.0 Å². The van der Waals surface area contributed by atoms with E-state index in [9.17, 15) is 4.79 Å². The average Bonchev–Trinajstić information content (AvgIpc) is 3.07. The molecule has 2 heterocycles. The van der Waals surface area contributed by atoms with Gasteiger partial charge in [-0.05, 0) is 49.1 Å². The number of carbonyl (C=O) groups excluding carboxylic acids is 1. The molecule has 1 amide bonds. The van der Waals surface area contributed by atoms with E-state index in [1.807, 2.05) is 29.2 Å². The van der Waals surface area contributed by atoms with Crippen LogP contribution in [0, 0.1) is 5.92 Å². The Kier molecular flexibility index (Phi) is 4.78. The number of amides is 1. The monoisotopic (exact) mass is 354 g/mol. The summed E-state index contributed by atoms with van der Waals surface area (Å²) in [5.74, 6) is 0.371. The molecule has 1 unspecified atom stereocenters. The molecule has 2 aliphatic rings. The summed E-state index contributed by atoms with van der Waals surface area (Å²) in [4.78, 5) is 17.5. The summed E-state index contributed by atoms with van der Waals surface area (Å²) in [5, 5.41) is 0.810. The number of fused-ring (bicyclic) bond motifs is 1. The van der Waals surface area contributed by atoms with E-state index < -0.39 is 0 Å². The van der Waals surface area contributed by atoms with Gasteiger partial charge in [-0.2, -0.15) is 0 Å². The van der Waals surface area contributed by atoms with Gasteiger partial charge in [-0.15, -0.1) is 0 Å². The van der Waals surface area contributed by atoms with E-state index in [-0.39, 0.29) is 11.8 Å². The molecule has 0 aliphatic carbocycles. The minimum atomic E-state index is 0.0855. The van der Waals surface area contributed by atoms with Crippen molar-refractivity contribution in [3.63, 3.8) is 0 Å². The molecule has 130 valence electrons. The second kappa shape index (κ2) is 7.19. The van der Waals surface area contributed by atoms with Crippen molar-refractivity contribution in [1.29, 1.82) is 0 Å². The lowest BCUT2D eigenvalue weighted by atomic mass is 9.96. The Hall–Kier alpha value is -1.84. The Bertz CT molecular complexity index is 776. The first-order valence-corrected chi connectivity index (χ1v) is 9.45. The molecular weight excluding hydrogens is 332 g/mol. The molecule has 4 heteroatoms. The number of hydrogen-bond acceptors (Lipinski definition) is 2. The third kappa shape index (κ3) is 3.44. The van der Waals surface area contributed by atoms with Crippen LogP contribution in [0.25, 0.3) is 0 Å². The summed E-state index contributed by atoms with van der Waals surface area (Å²) in [6.45, 7) is 3.49. The highest BCUT2D eigenvalue weighted by molar-refractivity contribution is 6.31. The van der Waals surface area contributed by atoms with Gasteiger partial charge in [0.15, 0.2) is 0 Å². The molecule has 1 atom stereocenters. The Morgan fingerprint density at radius 3 is 2.76 bits per heavy atom. The SMILES string of the molecule is O=C(C1CCCN(Cc2ccccc2Cl)C1)N1CCc2ccccc21. The Morgan fingerprint density at radius 2 is 1.88 bits per heavy atom. The highest BCUT2D eigenvalue weighted by Gasteiger charge is 2.32. The maximum absolute atomic E-state index is 13.1. The van der Waals surface area contributed by atoms with Crippen LogP contribution in [0.4, 0.5) is 5.69 Å². The number of para-hydroxylation sites is 1. The standard InChI is InChI=1S/C21H23ClN2O/c22-19-9-3-1-7-17(19)14-23-12-5-8-18(15-23)21(25)24-13-11-16-6-2-4-10-20(16)24/h1-4,6-7,9-10,18H,5,8,11-15H2. The van der Waals surface area contributed by atoms with Gasteiger partial charge in [-0.3, -0.25) is 9.69 Å². The smallest absolute Gasteiger partial charge is 0.231 e. The largest absolute Gasteiger partial charge is 0.312 e. The Labute approximate surface area is 154 Å². The molecule has 2 aromatic carbocycles. The normalized spacial score (nSPS) is 20.5. The zero-order valence-electron chi connectivity index (χ0n) is 14.3. The number of anilines is 1. The van der Waals surface area contributed by atoms with Gasteiger partial charge in [0, 0.05) is 30.3 Å².